The van der Waals surface area contributed by atoms with Gasteiger partial charge in [-0.15, -0.1) is 11.6 Å². The van der Waals surface area contributed by atoms with Crippen molar-refractivity contribution in [3.63, 3.8) is 0 Å². The van der Waals surface area contributed by atoms with Crippen molar-refractivity contribution in [2.75, 3.05) is 5.88 Å². The first-order valence-electron chi connectivity index (χ1n) is 4.22. The number of unbranched alkanes of at least 4 members (excludes halogenated alkanes) is 1. The van der Waals surface area contributed by atoms with Crippen LogP contribution in [0.25, 0.3) is 0 Å². The normalized spacial score (nSPS) is 15.0. The average molecular weight is 195 g/mol. The number of hydrogen-bond acceptors (Lipinski definition) is 1. The number of alkyl halides is 1. The summed E-state index contributed by atoms with van der Waals surface area (Å²) in [5.74, 6) is 0.721. The summed E-state index contributed by atoms with van der Waals surface area (Å²) in [6.45, 7) is 6.58. The van der Waals surface area contributed by atoms with Crippen molar-refractivity contribution in [2.24, 2.45) is 0 Å². The molecule has 0 aromatic heterocycles. The largest absolute Gasteiger partial charge is 0.397 e. The summed E-state index contributed by atoms with van der Waals surface area (Å²) in [5.41, 5.74) is -0.0503. The van der Waals surface area contributed by atoms with E-state index in [1.54, 1.807) is 0 Å². The lowest BCUT2D eigenvalue weighted by Crippen LogP contribution is -2.37. The van der Waals surface area contributed by atoms with Crippen molar-refractivity contribution >= 4 is 19.7 Å². The Morgan fingerprint density at radius 3 is 2.18 bits per heavy atom. The van der Waals surface area contributed by atoms with E-state index in [0.29, 0.717) is 0 Å². The predicted octanol–water partition coefficient (Wildman–Crippen LogP) is 2.63. The summed E-state index contributed by atoms with van der Waals surface area (Å²) < 4.78 is 0. The second-order valence-electron chi connectivity index (χ2n) is 4.07. The number of hydrogen-bond donors (Lipinski definition) is 1. The Hall–Kier alpha value is 0.467. The van der Waals surface area contributed by atoms with Crippen LogP contribution >= 0.6 is 11.6 Å². The third kappa shape index (κ3) is 5.71. The van der Waals surface area contributed by atoms with Crippen LogP contribution in [-0.2, 0) is 0 Å². The zero-order chi connectivity index (χ0) is 8.91. The molecule has 1 unspecified atom stereocenters. The molecule has 0 aliphatic heterocycles. The Morgan fingerprint density at radius 2 is 1.82 bits per heavy atom. The molecule has 0 heterocycles. The summed E-state index contributed by atoms with van der Waals surface area (Å²) in [6.07, 6.45) is 3.03. The van der Waals surface area contributed by atoms with E-state index in [-0.39, 0.29) is 5.73 Å². The summed E-state index contributed by atoms with van der Waals surface area (Å²) >= 11 is 5.53. The van der Waals surface area contributed by atoms with Gasteiger partial charge in [0.1, 0.15) is 0 Å². The van der Waals surface area contributed by atoms with Crippen LogP contribution in [0, 0.1) is 0 Å². The van der Waals surface area contributed by atoms with Crippen molar-refractivity contribution in [3.05, 3.63) is 0 Å². The van der Waals surface area contributed by atoms with Crippen LogP contribution in [-0.4, -0.2) is 24.8 Å². The Labute approximate surface area is 75.8 Å². The van der Waals surface area contributed by atoms with Crippen molar-refractivity contribution in [1.29, 1.82) is 0 Å². The molecule has 11 heavy (non-hydrogen) atoms. The van der Waals surface area contributed by atoms with Crippen molar-refractivity contribution in [3.8, 4) is 0 Å². The molecule has 0 radical (unpaired) electrons. The molecule has 0 aromatic rings. The lowest BCUT2D eigenvalue weighted by Gasteiger charge is -2.23. The highest BCUT2D eigenvalue weighted by Crippen LogP contribution is 2.13. The first-order chi connectivity index (χ1) is 4.98. The van der Waals surface area contributed by atoms with Gasteiger partial charge in [-0.3, -0.25) is 0 Å². The van der Waals surface area contributed by atoms with E-state index in [4.69, 9.17) is 11.6 Å². The van der Waals surface area contributed by atoms with Gasteiger partial charge in [-0.25, -0.2) is 0 Å². The number of halogens is 1. The topological polar surface area (TPSA) is 20.2 Å². The van der Waals surface area contributed by atoms with Gasteiger partial charge in [-0.05, 0) is 12.8 Å². The minimum atomic E-state index is -1.30. The molecule has 0 aromatic carbocycles. The van der Waals surface area contributed by atoms with E-state index >= 15 is 0 Å². The van der Waals surface area contributed by atoms with E-state index in [1.165, 1.54) is 0 Å². The summed E-state index contributed by atoms with van der Waals surface area (Å²) in [5, 5.41) is 9.63. The molecule has 0 aliphatic carbocycles. The Bertz CT molecular complexity index is 101. The zero-order valence-corrected chi connectivity index (χ0v) is 9.49. The molecule has 0 spiro atoms. The van der Waals surface area contributed by atoms with E-state index in [1.807, 2.05) is 0 Å². The standard InChI is InChI=1S/C8H19ClOSi/c1-11(2,3)8(10)6-4-5-7-9/h8,10H,4-7H2,1-3H3. The predicted molar refractivity (Wildman–Crippen MR) is 53.9 cm³/mol. The van der Waals surface area contributed by atoms with Gasteiger partial charge in [0.15, 0.2) is 0 Å². The molecule has 1 N–H and O–H groups in total. The highest BCUT2D eigenvalue weighted by Gasteiger charge is 2.23. The third-order valence-corrected chi connectivity index (χ3v) is 4.42. The molecular formula is C8H19ClOSi. The van der Waals surface area contributed by atoms with Crippen LogP contribution in [0.5, 0.6) is 0 Å². The maximum atomic E-state index is 9.63. The van der Waals surface area contributed by atoms with Crippen molar-refractivity contribution in [1.82, 2.24) is 0 Å². The first kappa shape index (κ1) is 11.5. The molecule has 1 nitrogen and oxygen atoms in total. The maximum Gasteiger partial charge on any atom is 0.0781 e. The minimum Gasteiger partial charge on any atom is -0.397 e. The van der Waals surface area contributed by atoms with Crippen LogP contribution in [0.4, 0.5) is 0 Å². The Morgan fingerprint density at radius 1 is 1.27 bits per heavy atom. The highest BCUT2D eigenvalue weighted by molar-refractivity contribution is 6.77. The van der Waals surface area contributed by atoms with E-state index in [2.05, 4.69) is 19.6 Å². The molecule has 1 atom stereocenters. The second-order valence-corrected chi connectivity index (χ2v) is 9.84. The van der Waals surface area contributed by atoms with Crippen LogP contribution in [0.1, 0.15) is 19.3 Å². The molecule has 0 rings (SSSR count). The van der Waals surface area contributed by atoms with Crippen LogP contribution < -0.4 is 0 Å². The van der Waals surface area contributed by atoms with Gasteiger partial charge in [0.25, 0.3) is 0 Å². The van der Waals surface area contributed by atoms with Crippen LogP contribution in [0.2, 0.25) is 19.6 Å². The monoisotopic (exact) mass is 194 g/mol. The zero-order valence-electron chi connectivity index (χ0n) is 7.73. The van der Waals surface area contributed by atoms with E-state index < -0.39 is 8.07 Å². The second kappa shape index (κ2) is 5.17. The van der Waals surface area contributed by atoms with E-state index in [9.17, 15) is 5.11 Å². The summed E-state index contributed by atoms with van der Waals surface area (Å²) in [4.78, 5) is 0. The van der Waals surface area contributed by atoms with Gasteiger partial charge in [0.05, 0.1) is 8.07 Å². The third-order valence-electron chi connectivity index (χ3n) is 1.86. The lowest BCUT2D eigenvalue weighted by atomic mass is 10.3. The fraction of sp³-hybridized carbons (Fsp3) is 1.00. The molecule has 3 heteroatoms. The first-order valence-corrected chi connectivity index (χ1v) is 8.33. The molecule has 0 amide bonds. The van der Waals surface area contributed by atoms with Crippen LogP contribution in [0.15, 0.2) is 0 Å². The van der Waals surface area contributed by atoms with Gasteiger partial charge in [0, 0.05) is 11.6 Å². The van der Waals surface area contributed by atoms with Gasteiger partial charge in [-0.2, -0.15) is 0 Å². The van der Waals surface area contributed by atoms with Crippen molar-refractivity contribution in [2.45, 2.75) is 44.6 Å². The van der Waals surface area contributed by atoms with Crippen LogP contribution in [0.3, 0.4) is 0 Å². The SMILES string of the molecule is C[Si](C)(C)C(O)CCCCCl. The Kier molecular flexibility index (Phi) is 5.39. The molecule has 0 bridgehead atoms. The van der Waals surface area contributed by atoms with E-state index in [0.717, 1.165) is 25.1 Å². The van der Waals surface area contributed by atoms with Gasteiger partial charge in [-0.1, -0.05) is 26.1 Å². The molecule has 0 aliphatic rings. The van der Waals surface area contributed by atoms with Gasteiger partial charge >= 0.3 is 0 Å². The Balaban J connectivity index is 3.44. The molecule has 68 valence electrons. The quantitative estimate of drug-likeness (QED) is 0.406. The molecule has 0 saturated carbocycles. The molecule has 0 fully saturated rings. The summed E-state index contributed by atoms with van der Waals surface area (Å²) in [6, 6.07) is 0. The van der Waals surface area contributed by atoms with Gasteiger partial charge < -0.3 is 5.11 Å². The fourth-order valence-electron chi connectivity index (χ4n) is 0.865. The molecule has 0 saturated heterocycles. The average Bonchev–Trinajstić information content (AvgIpc) is 1.86. The number of aliphatic hydroxyl groups excluding tert-OH is 1. The number of aliphatic hydroxyl groups is 1. The fourth-order valence-corrected chi connectivity index (χ4v) is 2.12. The molecular weight excluding hydrogens is 176 g/mol. The summed E-state index contributed by atoms with van der Waals surface area (Å²) in [7, 11) is -1.30. The maximum absolute atomic E-state index is 9.63. The minimum absolute atomic E-state index is 0.0503. The van der Waals surface area contributed by atoms with Crippen molar-refractivity contribution < 1.29 is 5.11 Å². The van der Waals surface area contributed by atoms with Gasteiger partial charge in [0.2, 0.25) is 0 Å². The highest BCUT2D eigenvalue weighted by atomic mass is 35.5. The smallest absolute Gasteiger partial charge is 0.0781 e. The lowest BCUT2D eigenvalue weighted by molar-refractivity contribution is 0.229. The number of rotatable bonds is 5.